The third kappa shape index (κ3) is 2.88. The summed E-state index contributed by atoms with van der Waals surface area (Å²) in [6, 6.07) is 2.06. The minimum atomic E-state index is 0.142. The van der Waals surface area contributed by atoms with Gasteiger partial charge in [-0.05, 0) is 25.7 Å². The lowest BCUT2D eigenvalue weighted by Crippen LogP contribution is -2.14. The summed E-state index contributed by atoms with van der Waals surface area (Å²) in [5.41, 5.74) is 2.45. The molecule has 27 heavy (non-hydrogen) atoms. The number of nitrogens with zero attached hydrogens (tertiary/aromatic N) is 8. The average molecular weight is 376 g/mol. The molecule has 1 aliphatic rings. The van der Waals surface area contributed by atoms with Gasteiger partial charge >= 0.3 is 0 Å². The Bertz CT molecular complexity index is 1160. The summed E-state index contributed by atoms with van der Waals surface area (Å²) in [6.45, 7) is 9.62. The van der Waals surface area contributed by atoms with Gasteiger partial charge in [0.2, 0.25) is 6.54 Å². The normalized spacial score (nSPS) is 15.1. The molecule has 0 radical (unpaired) electrons. The van der Waals surface area contributed by atoms with E-state index in [4.69, 9.17) is 11.6 Å². The van der Waals surface area contributed by atoms with Crippen LogP contribution in [0.1, 0.15) is 23.9 Å². The van der Waals surface area contributed by atoms with Crippen LogP contribution in [0.5, 0.6) is 0 Å². The fourth-order valence-corrected chi connectivity index (χ4v) is 3.95. The monoisotopic (exact) mass is 376 g/mol. The van der Waals surface area contributed by atoms with Gasteiger partial charge in [-0.2, -0.15) is 5.10 Å². The molecule has 0 spiro atoms. The molecule has 9 heteroatoms. The van der Waals surface area contributed by atoms with Gasteiger partial charge in [0.15, 0.2) is 5.01 Å². The molecule has 0 aromatic carbocycles. The summed E-state index contributed by atoms with van der Waals surface area (Å²) < 4.78 is 3.87. The van der Waals surface area contributed by atoms with E-state index < -0.39 is 0 Å². The molecule has 4 heterocycles. The highest BCUT2D eigenvalue weighted by molar-refractivity contribution is 7.14. The van der Waals surface area contributed by atoms with Crippen molar-refractivity contribution in [1.82, 2.24) is 34.3 Å². The summed E-state index contributed by atoms with van der Waals surface area (Å²) in [5, 5.41) is 14.5. The van der Waals surface area contributed by atoms with Crippen molar-refractivity contribution >= 4 is 17.0 Å². The molecule has 1 fully saturated rings. The SMILES string of the molecule is [C-]#[N+]CC(C1CC1)n1cc(-c2nc(-c3nnc(C)s3)cc3nccn23)cn1. The second-order valence-electron chi connectivity index (χ2n) is 6.70. The van der Waals surface area contributed by atoms with Gasteiger partial charge < -0.3 is 4.85 Å². The highest BCUT2D eigenvalue weighted by Crippen LogP contribution is 2.40. The standard InChI is InChI=1S/C18H16N8S/c1-11-23-24-18(27-11)14-7-16-20-5-6-25(16)17(22-14)13-8-21-26(10-13)15(9-19-2)12-3-4-12/h5-8,10,12,15H,3-4,9H2,1H3. The Labute approximate surface area is 159 Å². The van der Waals surface area contributed by atoms with E-state index in [-0.39, 0.29) is 6.04 Å². The zero-order chi connectivity index (χ0) is 18.4. The highest BCUT2D eigenvalue weighted by atomic mass is 32.1. The molecule has 1 saturated carbocycles. The second kappa shape index (κ2) is 6.25. The number of hydrogen-bond donors (Lipinski definition) is 0. The Morgan fingerprint density at radius 1 is 1.37 bits per heavy atom. The number of fused-ring (bicyclic) bond motifs is 1. The molecule has 5 rings (SSSR count). The maximum atomic E-state index is 7.23. The third-order valence-electron chi connectivity index (χ3n) is 4.78. The fraction of sp³-hybridized carbons (Fsp3) is 0.333. The average Bonchev–Trinajstić information content (AvgIpc) is 3.07. The van der Waals surface area contributed by atoms with Gasteiger partial charge in [0.25, 0.3) is 0 Å². The topological polar surface area (TPSA) is 78.2 Å². The molecule has 0 amide bonds. The van der Waals surface area contributed by atoms with E-state index in [9.17, 15) is 0 Å². The molecular weight excluding hydrogens is 360 g/mol. The maximum Gasteiger partial charge on any atom is 0.237 e. The largest absolute Gasteiger partial charge is 0.315 e. The van der Waals surface area contributed by atoms with E-state index in [1.165, 1.54) is 24.2 Å². The first kappa shape index (κ1) is 16.1. The van der Waals surface area contributed by atoms with Crippen LogP contribution in [0.3, 0.4) is 0 Å². The van der Waals surface area contributed by atoms with Crippen LogP contribution in [0.4, 0.5) is 0 Å². The zero-order valence-corrected chi connectivity index (χ0v) is 15.5. The van der Waals surface area contributed by atoms with E-state index in [1.807, 2.05) is 40.7 Å². The van der Waals surface area contributed by atoms with Crippen LogP contribution in [0.25, 0.3) is 32.6 Å². The minimum absolute atomic E-state index is 0.142. The number of aromatic nitrogens is 7. The van der Waals surface area contributed by atoms with Crippen molar-refractivity contribution in [3.05, 3.63) is 47.3 Å². The van der Waals surface area contributed by atoms with E-state index in [1.54, 1.807) is 6.20 Å². The molecule has 0 bridgehead atoms. The molecule has 1 aliphatic carbocycles. The van der Waals surface area contributed by atoms with Gasteiger partial charge in [0, 0.05) is 24.7 Å². The first-order chi connectivity index (χ1) is 13.2. The van der Waals surface area contributed by atoms with Crippen LogP contribution >= 0.6 is 11.3 Å². The van der Waals surface area contributed by atoms with Gasteiger partial charge in [-0.3, -0.25) is 9.08 Å². The number of imidazole rings is 1. The Morgan fingerprint density at radius 2 is 2.26 bits per heavy atom. The van der Waals surface area contributed by atoms with E-state index in [0.717, 1.165) is 32.7 Å². The van der Waals surface area contributed by atoms with E-state index in [2.05, 4.69) is 25.1 Å². The minimum Gasteiger partial charge on any atom is -0.315 e. The van der Waals surface area contributed by atoms with Gasteiger partial charge in [-0.1, -0.05) is 11.3 Å². The van der Waals surface area contributed by atoms with Gasteiger partial charge in [0.05, 0.1) is 11.8 Å². The lowest BCUT2D eigenvalue weighted by molar-refractivity contribution is 0.431. The van der Waals surface area contributed by atoms with Gasteiger partial charge in [0.1, 0.15) is 28.2 Å². The van der Waals surface area contributed by atoms with Crippen molar-refractivity contribution < 1.29 is 0 Å². The Hall–Kier alpha value is -3.12. The molecule has 134 valence electrons. The van der Waals surface area contributed by atoms with Crippen LogP contribution < -0.4 is 0 Å². The first-order valence-electron chi connectivity index (χ1n) is 8.75. The Morgan fingerprint density at radius 3 is 3.00 bits per heavy atom. The third-order valence-corrected chi connectivity index (χ3v) is 5.64. The molecule has 0 saturated heterocycles. The smallest absolute Gasteiger partial charge is 0.237 e. The van der Waals surface area contributed by atoms with Crippen molar-refractivity contribution in [3.8, 4) is 22.1 Å². The molecule has 0 aliphatic heterocycles. The lowest BCUT2D eigenvalue weighted by atomic mass is 10.2. The predicted molar refractivity (Wildman–Crippen MR) is 101 cm³/mol. The molecule has 1 atom stereocenters. The number of hydrogen-bond acceptors (Lipinski definition) is 6. The van der Waals surface area contributed by atoms with Crippen molar-refractivity contribution in [1.29, 1.82) is 0 Å². The highest BCUT2D eigenvalue weighted by Gasteiger charge is 2.35. The second-order valence-corrected chi connectivity index (χ2v) is 7.88. The molecular formula is C18H16N8S. The van der Waals surface area contributed by atoms with Crippen LogP contribution in [0.2, 0.25) is 0 Å². The predicted octanol–water partition coefficient (Wildman–Crippen LogP) is 3.29. The van der Waals surface area contributed by atoms with Gasteiger partial charge in [-0.25, -0.2) is 16.5 Å². The lowest BCUT2D eigenvalue weighted by Gasteiger charge is -2.10. The summed E-state index contributed by atoms with van der Waals surface area (Å²) in [6.07, 6.45) is 9.80. The van der Waals surface area contributed by atoms with E-state index >= 15 is 0 Å². The molecule has 4 aromatic rings. The fourth-order valence-electron chi connectivity index (χ4n) is 3.29. The first-order valence-corrected chi connectivity index (χ1v) is 9.57. The van der Waals surface area contributed by atoms with Crippen LogP contribution in [0, 0.1) is 19.4 Å². The Kier molecular flexibility index (Phi) is 3.72. The van der Waals surface area contributed by atoms with Crippen LogP contribution in [-0.4, -0.2) is 40.9 Å². The number of rotatable bonds is 5. The maximum absolute atomic E-state index is 7.23. The Balaban J connectivity index is 1.60. The summed E-state index contributed by atoms with van der Waals surface area (Å²) in [5.74, 6) is 1.32. The van der Waals surface area contributed by atoms with Crippen LogP contribution in [-0.2, 0) is 0 Å². The van der Waals surface area contributed by atoms with E-state index in [0.29, 0.717) is 12.5 Å². The quantitative estimate of drug-likeness (QED) is 0.500. The zero-order valence-electron chi connectivity index (χ0n) is 14.6. The van der Waals surface area contributed by atoms with Crippen LogP contribution in [0.15, 0.2) is 30.9 Å². The summed E-state index contributed by atoms with van der Waals surface area (Å²) >= 11 is 1.51. The summed E-state index contributed by atoms with van der Waals surface area (Å²) in [4.78, 5) is 12.8. The van der Waals surface area contributed by atoms with Crippen molar-refractivity contribution in [2.24, 2.45) is 5.92 Å². The molecule has 4 aromatic heterocycles. The number of aryl methyl sites for hydroxylation is 1. The van der Waals surface area contributed by atoms with Crippen molar-refractivity contribution in [2.75, 3.05) is 6.54 Å². The molecule has 1 unspecified atom stereocenters. The molecule has 8 nitrogen and oxygen atoms in total. The summed E-state index contributed by atoms with van der Waals surface area (Å²) in [7, 11) is 0. The van der Waals surface area contributed by atoms with Gasteiger partial charge in [-0.15, -0.1) is 10.2 Å². The molecule has 0 N–H and O–H groups in total. The van der Waals surface area contributed by atoms with Crippen molar-refractivity contribution in [2.45, 2.75) is 25.8 Å². The van der Waals surface area contributed by atoms with Crippen molar-refractivity contribution in [3.63, 3.8) is 0 Å².